The fourth-order valence-electron chi connectivity index (χ4n) is 2.05. The molecule has 1 amide bonds. The summed E-state index contributed by atoms with van der Waals surface area (Å²) in [5, 5.41) is 2.85. The Kier molecular flexibility index (Phi) is 5.41. The van der Waals surface area contributed by atoms with Crippen LogP contribution in [-0.4, -0.2) is 49.6 Å². The third kappa shape index (κ3) is 4.73. The summed E-state index contributed by atoms with van der Waals surface area (Å²) in [7, 11) is 1.42. The molecule has 1 aliphatic heterocycles. The Balaban J connectivity index is 2.22. The third-order valence-corrected chi connectivity index (χ3v) is 2.91. The quantitative estimate of drug-likeness (QED) is 0.709. The second kappa shape index (κ2) is 6.59. The molecule has 5 nitrogen and oxygen atoms in total. The first-order chi connectivity index (χ1) is 8.02. The zero-order valence-corrected chi connectivity index (χ0v) is 10.9. The number of rotatable bonds is 5. The Hall–Kier alpha value is -1.10. The number of amides is 1. The van der Waals surface area contributed by atoms with E-state index >= 15 is 0 Å². The summed E-state index contributed by atoms with van der Waals surface area (Å²) in [6, 6.07) is 0.184. The minimum atomic E-state index is -0.140. The van der Waals surface area contributed by atoms with Gasteiger partial charge in [0.2, 0.25) is 5.91 Å². The molecule has 0 aliphatic carbocycles. The van der Waals surface area contributed by atoms with E-state index in [1.807, 2.05) is 13.8 Å². The number of hydrogen-bond donors (Lipinski definition) is 1. The van der Waals surface area contributed by atoms with E-state index in [1.165, 1.54) is 7.11 Å². The predicted octanol–water partition coefficient (Wildman–Crippen LogP) is 0.396. The highest BCUT2D eigenvalue weighted by molar-refractivity contribution is 5.76. The van der Waals surface area contributed by atoms with Crippen LogP contribution in [0.25, 0.3) is 0 Å². The molecule has 5 heteroatoms. The molecule has 1 unspecified atom stereocenters. The van der Waals surface area contributed by atoms with Gasteiger partial charge in [-0.1, -0.05) is 0 Å². The first-order valence-electron chi connectivity index (χ1n) is 6.12. The number of nitrogens with zero attached hydrogens (tertiary/aromatic N) is 1. The van der Waals surface area contributed by atoms with Crippen molar-refractivity contribution in [3.8, 4) is 0 Å². The molecule has 1 rings (SSSR count). The molecule has 1 atom stereocenters. The van der Waals surface area contributed by atoms with Gasteiger partial charge in [-0.3, -0.25) is 9.59 Å². The van der Waals surface area contributed by atoms with Crippen molar-refractivity contribution in [3.63, 3.8) is 0 Å². The molecule has 1 aliphatic rings. The minimum absolute atomic E-state index is 0.0202. The van der Waals surface area contributed by atoms with Gasteiger partial charge in [-0.05, 0) is 26.8 Å². The van der Waals surface area contributed by atoms with Crippen LogP contribution in [0.5, 0.6) is 0 Å². The van der Waals surface area contributed by atoms with Gasteiger partial charge in [-0.2, -0.15) is 0 Å². The van der Waals surface area contributed by atoms with Crippen molar-refractivity contribution in [2.45, 2.75) is 32.7 Å². The zero-order chi connectivity index (χ0) is 12.8. The molecule has 1 heterocycles. The Morgan fingerprint density at radius 3 is 2.76 bits per heavy atom. The lowest BCUT2D eigenvalue weighted by atomic mass is 10.1. The van der Waals surface area contributed by atoms with Crippen molar-refractivity contribution >= 4 is 11.9 Å². The van der Waals surface area contributed by atoms with Crippen LogP contribution in [0.1, 0.15) is 26.7 Å². The maximum atomic E-state index is 11.5. The first kappa shape index (κ1) is 14.0. The highest BCUT2D eigenvalue weighted by Crippen LogP contribution is 2.17. The lowest BCUT2D eigenvalue weighted by Crippen LogP contribution is -2.33. The van der Waals surface area contributed by atoms with Gasteiger partial charge in [0.1, 0.15) is 0 Å². The lowest BCUT2D eigenvalue weighted by Gasteiger charge is -2.15. The average Bonchev–Trinajstić information content (AvgIpc) is 2.73. The summed E-state index contributed by atoms with van der Waals surface area (Å²) in [4.78, 5) is 24.9. The minimum Gasteiger partial charge on any atom is -0.469 e. The topological polar surface area (TPSA) is 58.6 Å². The van der Waals surface area contributed by atoms with E-state index in [0.29, 0.717) is 19.5 Å². The van der Waals surface area contributed by atoms with Gasteiger partial charge in [0.15, 0.2) is 0 Å². The molecule has 0 saturated carbocycles. The highest BCUT2D eigenvalue weighted by Gasteiger charge is 2.28. The highest BCUT2D eigenvalue weighted by atomic mass is 16.5. The number of hydrogen-bond acceptors (Lipinski definition) is 4. The van der Waals surface area contributed by atoms with E-state index in [9.17, 15) is 9.59 Å². The molecule has 1 saturated heterocycles. The van der Waals surface area contributed by atoms with Crippen molar-refractivity contribution in [1.82, 2.24) is 10.2 Å². The number of nitrogens with one attached hydrogen (secondary N) is 1. The summed E-state index contributed by atoms with van der Waals surface area (Å²) >= 11 is 0. The average molecular weight is 242 g/mol. The van der Waals surface area contributed by atoms with Crippen LogP contribution in [0, 0.1) is 5.92 Å². The molecule has 0 aromatic carbocycles. The number of methoxy groups -OCH3 is 1. The monoisotopic (exact) mass is 242 g/mol. The normalized spacial score (nSPS) is 20.6. The van der Waals surface area contributed by atoms with Crippen LogP contribution in [0.15, 0.2) is 0 Å². The summed E-state index contributed by atoms with van der Waals surface area (Å²) in [5.74, 6) is -0.0891. The van der Waals surface area contributed by atoms with Gasteiger partial charge < -0.3 is 15.0 Å². The Labute approximate surface area is 102 Å². The van der Waals surface area contributed by atoms with Gasteiger partial charge in [-0.15, -0.1) is 0 Å². The number of ether oxygens (including phenoxy) is 1. The van der Waals surface area contributed by atoms with Gasteiger partial charge in [0.05, 0.1) is 13.0 Å². The Morgan fingerprint density at radius 1 is 1.47 bits per heavy atom. The molecule has 0 radical (unpaired) electrons. The summed E-state index contributed by atoms with van der Waals surface area (Å²) in [6.07, 6.45) is 1.32. The molecule has 17 heavy (non-hydrogen) atoms. The van der Waals surface area contributed by atoms with Gasteiger partial charge in [0.25, 0.3) is 0 Å². The zero-order valence-electron chi connectivity index (χ0n) is 10.9. The SMILES string of the molecule is COC(=O)C1CCN(CCC(=O)NC(C)C)C1. The standard InChI is InChI=1S/C12H22N2O3/c1-9(2)13-11(15)5-7-14-6-4-10(8-14)12(16)17-3/h9-10H,4-8H2,1-3H3,(H,13,15). The second-order valence-corrected chi connectivity index (χ2v) is 4.78. The molecule has 1 fully saturated rings. The molecular formula is C12H22N2O3. The summed E-state index contributed by atoms with van der Waals surface area (Å²) < 4.78 is 4.72. The van der Waals surface area contributed by atoms with Crippen molar-refractivity contribution in [2.75, 3.05) is 26.7 Å². The van der Waals surface area contributed by atoms with E-state index in [2.05, 4.69) is 10.2 Å². The predicted molar refractivity (Wildman–Crippen MR) is 64.5 cm³/mol. The number of carbonyl (C=O) groups excluding carboxylic acids is 2. The molecule has 98 valence electrons. The Bertz CT molecular complexity index is 279. The van der Waals surface area contributed by atoms with Crippen LogP contribution in [-0.2, 0) is 14.3 Å². The van der Waals surface area contributed by atoms with E-state index in [4.69, 9.17) is 4.74 Å². The van der Waals surface area contributed by atoms with E-state index in [0.717, 1.165) is 13.0 Å². The largest absolute Gasteiger partial charge is 0.469 e. The summed E-state index contributed by atoms with van der Waals surface area (Å²) in [5.41, 5.74) is 0. The Morgan fingerprint density at radius 2 is 2.18 bits per heavy atom. The molecule has 0 aromatic rings. The van der Waals surface area contributed by atoms with Gasteiger partial charge in [-0.25, -0.2) is 0 Å². The maximum absolute atomic E-state index is 11.5. The molecular weight excluding hydrogens is 220 g/mol. The number of likely N-dealkylation sites (tertiary alicyclic amines) is 1. The van der Waals surface area contributed by atoms with E-state index in [-0.39, 0.29) is 23.8 Å². The van der Waals surface area contributed by atoms with Crippen LogP contribution in [0.3, 0.4) is 0 Å². The van der Waals surface area contributed by atoms with Crippen LogP contribution >= 0.6 is 0 Å². The molecule has 1 N–H and O–H groups in total. The van der Waals surface area contributed by atoms with Crippen molar-refractivity contribution in [2.24, 2.45) is 5.92 Å². The first-order valence-corrected chi connectivity index (χ1v) is 6.12. The van der Waals surface area contributed by atoms with Gasteiger partial charge >= 0.3 is 5.97 Å². The van der Waals surface area contributed by atoms with Gasteiger partial charge in [0, 0.05) is 25.6 Å². The van der Waals surface area contributed by atoms with Crippen LogP contribution in [0.4, 0.5) is 0 Å². The second-order valence-electron chi connectivity index (χ2n) is 4.78. The van der Waals surface area contributed by atoms with E-state index in [1.54, 1.807) is 0 Å². The van der Waals surface area contributed by atoms with Crippen LogP contribution in [0.2, 0.25) is 0 Å². The molecule has 0 bridgehead atoms. The van der Waals surface area contributed by atoms with Crippen LogP contribution < -0.4 is 5.32 Å². The third-order valence-electron chi connectivity index (χ3n) is 2.91. The fraction of sp³-hybridized carbons (Fsp3) is 0.833. The lowest BCUT2D eigenvalue weighted by molar-refractivity contribution is -0.144. The number of carbonyl (C=O) groups is 2. The number of esters is 1. The maximum Gasteiger partial charge on any atom is 0.310 e. The van der Waals surface area contributed by atoms with Crippen molar-refractivity contribution in [3.05, 3.63) is 0 Å². The molecule has 0 spiro atoms. The van der Waals surface area contributed by atoms with Crippen molar-refractivity contribution < 1.29 is 14.3 Å². The summed E-state index contributed by atoms with van der Waals surface area (Å²) in [6.45, 7) is 6.19. The van der Waals surface area contributed by atoms with Crippen molar-refractivity contribution in [1.29, 1.82) is 0 Å². The van der Waals surface area contributed by atoms with E-state index < -0.39 is 0 Å². The fourth-order valence-corrected chi connectivity index (χ4v) is 2.05. The smallest absolute Gasteiger partial charge is 0.310 e. The molecule has 0 aromatic heterocycles.